The lowest BCUT2D eigenvalue weighted by Crippen LogP contribution is -2.39. The predicted molar refractivity (Wildman–Crippen MR) is 94.3 cm³/mol. The Bertz CT molecular complexity index is 723. The summed E-state index contributed by atoms with van der Waals surface area (Å²) in [5, 5.41) is 10.7. The third kappa shape index (κ3) is 3.48. The summed E-state index contributed by atoms with van der Waals surface area (Å²) in [4.78, 5) is 14.6. The number of amides is 2. The Balaban J connectivity index is 1.73. The van der Waals surface area contributed by atoms with Crippen LogP contribution >= 0.6 is 0 Å². The normalized spacial score (nSPS) is 16.6. The molecule has 0 saturated carbocycles. The van der Waals surface area contributed by atoms with Crippen molar-refractivity contribution in [3.8, 4) is 5.69 Å². The number of hydrogen-bond donors (Lipinski definition) is 1. The maximum atomic E-state index is 12.7. The minimum absolute atomic E-state index is 0.0508. The fourth-order valence-corrected chi connectivity index (χ4v) is 2.90. The number of nitrogens with zero attached hydrogens (tertiary/aromatic N) is 4. The second-order valence-corrected chi connectivity index (χ2v) is 6.09. The molecule has 0 fully saturated rings. The molecule has 1 aliphatic rings. The zero-order chi connectivity index (χ0) is 16.9. The summed E-state index contributed by atoms with van der Waals surface area (Å²) >= 11 is 0. The average Bonchev–Trinajstić information content (AvgIpc) is 3.26. The van der Waals surface area contributed by atoms with Crippen LogP contribution in [0.25, 0.3) is 5.69 Å². The van der Waals surface area contributed by atoms with E-state index in [0.29, 0.717) is 6.54 Å². The van der Waals surface area contributed by atoms with Gasteiger partial charge in [0.2, 0.25) is 0 Å². The molecule has 0 spiro atoms. The van der Waals surface area contributed by atoms with Gasteiger partial charge in [-0.15, -0.1) is 10.2 Å². The molecule has 3 rings (SSSR count). The van der Waals surface area contributed by atoms with E-state index in [1.807, 2.05) is 34.6 Å². The first kappa shape index (κ1) is 16.2. The minimum atomic E-state index is -0.0508. The maximum absolute atomic E-state index is 12.7. The van der Waals surface area contributed by atoms with Gasteiger partial charge in [0.25, 0.3) is 0 Å². The molecule has 6 heteroatoms. The third-order valence-corrected chi connectivity index (χ3v) is 4.35. The highest BCUT2D eigenvalue weighted by molar-refractivity contribution is 5.91. The van der Waals surface area contributed by atoms with Crippen LogP contribution in [0.3, 0.4) is 0 Å². The lowest BCUT2D eigenvalue weighted by molar-refractivity contribution is 0.208. The second-order valence-electron chi connectivity index (χ2n) is 6.09. The zero-order valence-electron chi connectivity index (χ0n) is 14.1. The van der Waals surface area contributed by atoms with Crippen LogP contribution < -0.4 is 5.32 Å². The number of rotatable bonds is 5. The van der Waals surface area contributed by atoms with Gasteiger partial charge in [0, 0.05) is 12.2 Å². The van der Waals surface area contributed by atoms with Gasteiger partial charge in [-0.3, -0.25) is 4.57 Å². The number of urea groups is 1. The molecule has 1 atom stereocenters. The van der Waals surface area contributed by atoms with Gasteiger partial charge >= 0.3 is 6.03 Å². The van der Waals surface area contributed by atoms with Crippen LogP contribution in [0, 0.1) is 6.92 Å². The second kappa shape index (κ2) is 7.29. The lowest BCUT2D eigenvalue weighted by atomic mass is 10.1. The van der Waals surface area contributed by atoms with E-state index >= 15 is 0 Å². The van der Waals surface area contributed by atoms with Crippen molar-refractivity contribution in [1.82, 2.24) is 19.7 Å². The Morgan fingerprint density at radius 3 is 2.88 bits per heavy atom. The van der Waals surface area contributed by atoms with Crippen LogP contribution in [0.5, 0.6) is 0 Å². The Morgan fingerprint density at radius 2 is 2.12 bits per heavy atom. The number of nitrogens with one attached hydrogen (secondary N) is 1. The smallest absolute Gasteiger partial charge is 0.314 e. The molecular weight excluding hydrogens is 302 g/mol. The largest absolute Gasteiger partial charge is 0.322 e. The SMILES string of the molecule is CCCC[C@@H]1C=CCN1C(=O)Nc1cc(-n2cnnc2)ccc1C. The fourth-order valence-electron chi connectivity index (χ4n) is 2.90. The highest BCUT2D eigenvalue weighted by Gasteiger charge is 2.24. The molecule has 0 bridgehead atoms. The summed E-state index contributed by atoms with van der Waals surface area (Å²) in [6, 6.07) is 6.06. The molecule has 6 nitrogen and oxygen atoms in total. The molecule has 126 valence electrons. The summed E-state index contributed by atoms with van der Waals surface area (Å²) in [5.41, 5.74) is 2.76. The van der Waals surface area contributed by atoms with Gasteiger partial charge in [-0.05, 0) is 31.0 Å². The van der Waals surface area contributed by atoms with E-state index in [-0.39, 0.29) is 12.1 Å². The van der Waals surface area contributed by atoms with E-state index < -0.39 is 0 Å². The number of aromatic nitrogens is 3. The first-order chi connectivity index (χ1) is 11.7. The number of unbranched alkanes of at least 4 members (excludes halogenated alkanes) is 1. The van der Waals surface area contributed by atoms with Crippen molar-refractivity contribution in [3.63, 3.8) is 0 Å². The Kier molecular flexibility index (Phi) is 4.93. The molecule has 0 unspecified atom stereocenters. The zero-order valence-corrected chi connectivity index (χ0v) is 14.1. The fraction of sp³-hybridized carbons (Fsp3) is 0.389. The van der Waals surface area contributed by atoms with Crippen LogP contribution in [0.2, 0.25) is 0 Å². The molecule has 0 aliphatic carbocycles. The quantitative estimate of drug-likeness (QED) is 0.855. The molecule has 2 heterocycles. The highest BCUT2D eigenvalue weighted by Crippen LogP contribution is 2.22. The van der Waals surface area contributed by atoms with Crippen molar-refractivity contribution in [2.75, 3.05) is 11.9 Å². The van der Waals surface area contributed by atoms with Gasteiger partial charge in [0.15, 0.2) is 0 Å². The minimum Gasteiger partial charge on any atom is -0.314 e. The van der Waals surface area contributed by atoms with Crippen molar-refractivity contribution in [3.05, 3.63) is 48.6 Å². The van der Waals surface area contributed by atoms with Crippen molar-refractivity contribution < 1.29 is 4.79 Å². The summed E-state index contributed by atoms with van der Waals surface area (Å²) in [5.74, 6) is 0. The molecule has 2 aromatic rings. The number of anilines is 1. The Labute approximate surface area is 142 Å². The molecule has 1 aliphatic heterocycles. The van der Waals surface area contributed by atoms with Crippen LogP contribution in [0.1, 0.15) is 31.7 Å². The van der Waals surface area contributed by atoms with Crippen LogP contribution in [-0.4, -0.2) is 38.3 Å². The molecule has 1 N–H and O–H groups in total. The van der Waals surface area contributed by atoms with E-state index in [4.69, 9.17) is 0 Å². The summed E-state index contributed by atoms with van der Waals surface area (Å²) in [6.07, 6.45) is 10.8. The standard InChI is InChI=1S/C18H23N5O/c1-3-4-6-15-7-5-10-23(15)18(24)21-17-11-16(9-8-14(17)2)22-12-19-20-13-22/h5,7-9,11-13,15H,3-4,6,10H2,1-2H3,(H,21,24)/t15-/m1/s1. The average molecular weight is 325 g/mol. The van der Waals surface area contributed by atoms with E-state index in [0.717, 1.165) is 36.2 Å². The Morgan fingerprint density at radius 1 is 1.33 bits per heavy atom. The van der Waals surface area contributed by atoms with E-state index in [1.165, 1.54) is 0 Å². The highest BCUT2D eigenvalue weighted by atomic mass is 16.2. The van der Waals surface area contributed by atoms with Crippen molar-refractivity contribution in [2.45, 2.75) is 39.2 Å². The van der Waals surface area contributed by atoms with E-state index in [9.17, 15) is 4.79 Å². The monoisotopic (exact) mass is 325 g/mol. The lowest BCUT2D eigenvalue weighted by Gasteiger charge is -2.25. The van der Waals surface area contributed by atoms with E-state index in [2.05, 4.69) is 34.6 Å². The van der Waals surface area contributed by atoms with Crippen LogP contribution in [0.15, 0.2) is 43.0 Å². The number of benzene rings is 1. The molecular formula is C18H23N5O. The summed E-state index contributed by atoms with van der Waals surface area (Å²) in [6.45, 7) is 4.83. The van der Waals surface area contributed by atoms with Gasteiger partial charge in [-0.2, -0.15) is 0 Å². The Hall–Kier alpha value is -2.63. The molecule has 0 saturated heterocycles. The van der Waals surface area contributed by atoms with Crippen LogP contribution in [0.4, 0.5) is 10.5 Å². The number of carbonyl (C=O) groups excluding carboxylic acids is 1. The first-order valence-corrected chi connectivity index (χ1v) is 8.39. The third-order valence-electron chi connectivity index (χ3n) is 4.35. The number of hydrogen-bond acceptors (Lipinski definition) is 3. The maximum Gasteiger partial charge on any atom is 0.322 e. The first-order valence-electron chi connectivity index (χ1n) is 8.39. The number of aryl methyl sites for hydroxylation is 1. The molecule has 2 amide bonds. The molecule has 24 heavy (non-hydrogen) atoms. The van der Waals surface area contributed by atoms with Gasteiger partial charge in [0.1, 0.15) is 12.7 Å². The van der Waals surface area contributed by atoms with Gasteiger partial charge in [-0.25, -0.2) is 4.79 Å². The molecule has 1 aromatic heterocycles. The molecule has 0 radical (unpaired) electrons. The van der Waals surface area contributed by atoms with Gasteiger partial charge in [0.05, 0.1) is 11.7 Å². The van der Waals surface area contributed by atoms with Crippen molar-refractivity contribution in [1.29, 1.82) is 0 Å². The molecule has 1 aromatic carbocycles. The van der Waals surface area contributed by atoms with E-state index in [1.54, 1.807) is 12.7 Å². The summed E-state index contributed by atoms with van der Waals surface area (Å²) < 4.78 is 1.82. The topological polar surface area (TPSA) is 63.1 Å². The summed E-state index contributed by atoms with van der Waals surface area (Å²) in [7, 11) is 0. The predicted octanol–water partition coefficient (Wildman–Crippen LogP) is 3.54. The van der Waals surface area contributed by atoms with Gasteiger partial charge in [-0.1, -0.05) is 38.0 Å². The number of carbonyl (C=O) groups is 1. The van der Waals surface area contributed by atoms with Crippen LogP contribution in [-0.2, 0) is 0 Å². The van der Waals surface area contributed by atoms with Crippen molar-refractivity contribution >= 4 is 11.7 Å². The van der Waals surface area contributed by atoms with Gasteiger partial charge < -0.3 is 10.2 Å². The van der Waals surface area contributed by atoms with Crippen molar-refractivity contribution in [2.24, 2.45) is 0 Å².